The summed E-state index contributed by atoms with van der Waals surface area (Å²) in [4.78, 5) is 28.0. The molecule has 0 saturated heterocycles. The molecule has 2 N–H and O–H groups in total. The lowest BCUT2D eigenvalue weighted by atomic mass is 9.91. The molecule has 6 nitrogen and oxygen atoms in total. The minimum absolute atomic E-state index is 0.133. The average Bonchev–Trinajstić information content (AvgIpc) is 2.84. The molecule has 0 fully saturated rings. The largest absolute Gasteiger partial charge is 0.497 e. The van der Waals surface area contributed by atoms with Crippen molar-refractivity contribution in [3.8, 4) is 11.4 Å². The number of methoxy groups -OCH3 is 1. The van der Waals surface area contributed by atoms with E-state index in [4.69, 9.17) is 4.74 Å². The number of H-pyrrole nitrogens is 2. The van der Waals surface area contributed by atoms with Crippen LogP contribution in [0.5, 0.6) is 5.75 Å². The molecule has 0 aliphatic rings. The fraction of sp³-hybridized carbons (Fsp3) is 0.294. The monoisotopic (exact) mass is 313 g/mol. The number of nitrogens with zero attached hydrogens (tertiary/aromatic N) is 1. The molecule has 23 heavy (non-hydrogen) atoms. The zero-order valence-corrected chi connectivity index (χ0v) is 13.6. The molecule has 6 heteroatoms. The Bertz CT molecular complexity index is 969. The highest BCUT2D eigenvalue weighted by Gasteiger charge is 2.19. The second-order valence-electron chi connectivity index (χ2n) is 6.50. The fourth-order valence-electron chi connectivity index (χ4n) is 2.45. The molecule has 3 aromatic rings. The minimum atomic E-state index is -0.369. The summed E-state index contributed by atoms with van der Waals surface area (Å²) < 4.78 is 6.47. The first-order valence-electron chi connectivity index (χ1n) is 7.34. The zero-order valence-electron chi connectivity index (χ0n) is 13.6. The molecule has 0 radical (unpaired) electrons. The van der Waals surface area contributed by atoms with Gasteiger partial charge in [-0.3, -0.25) is 14.7 Å². The van der Waals surface area contributed by atoms with Crippen LogP contribution in [-0.2, 0) is 5.41 Å². The van der Waals surface area contributed by atoms with E-state index in [1.807, 2.05) is 20.8 Å². The maximum absolute atomic E-state index is 12.5. The van der Waals surface area contributed by atoms with E-state index in [1.54, 1.807) is 31.4 Å². The van der Waals surface area contributed by atoms with Crippen molar-refractivity contribution in [1.29, 1.82) is 0 Å². The van der Waals surface area contributed by atoms with Gasteiger partial charge in [-0.1, -0.05) is 20.8 Å². The Hall–Kier alpha value is -2.76. The van der Waals surface area contributed by atoms with Gasteiger partial charge in [0.25, 0.3) is 5.56 Å². The number of hydrogen-bond donors (Lipinski definition) is 2. The second-order valence-corrected chi connectivity index (χ2v) is 6.50. The molecule has 3 rings (SSSR count). The van der Waals surface area contributed by atoms with Crippen molar-refractivity contribution in [2.75, 3.05) is 7.11 Å². The summed E-state index contributed by atoms with van der Waals surface area (Å²) in [7, 11) is 1.58. The predicted molar refractivity (Wildman–Crippen MR) is 89.8 cm³/mol. The van der Waals surface area contributed by atoms with Crippen LogP contribution in [0.2, 0.25) is 0 Å². The van der Waals surface area contributed by atoms with Crippen LogP contribution in [0, 0.1) is 0 Å². The van der Waals surface area contributed by atoms with Crippen LogP contribution in [-0.4, -0.2) is 21.9 Å². The summed E-state index contributed by atoms with van der Waals surface area (Å²) in [6.45, 7) is 6.01. The van der Waals surface area contributed by atoms with E-state index < -0.39 is 0 Å². The van der Waals surface area contributed by atoms with Gasteiger partial charge in [0.05, 0.1) is 12.8 Å². The smallest absolute Gasteiger partial charge is 0.284 e. The zero-order chi connectivity index (χ0) is 16.8. The highest BCUT2D eigenvalue weighted by atomic mass is 16.5. The van der Waals surface area contributed by atoms with Crippen LogP contribution in [0.1, 0.15) is 26.5 Å². The molecule has 0 spiro atoms. The van der Waals surface area contributed by atoms with E-state index in [0.29, 0.717) is 17.1 Å². The average molecular weight is 313 g/mol. The van der Waals surface area contributed by atoms with E-state index in [2.05, 4.69) is 10.1 Å². The first kappa shape index (κ1) is 15.1. The minimum Gasteiger partial charge on any atom is -0.497 e. The summed E-state index contributed by atoms with van der Waals surface area (Å²) in [6, 6.07) is 8.52. The molecular formula is C17H19N3O3. The van der Waals surface area contributed by atoms with Crippen LogP contribution < -0.4 is 15.7 Å². The number of aromatic amines is 2. The molecule has 1 aromatic carbocycles. The Labute approximate surface area is 132 Å². The highest BCUT2D eigenvalue weighted by molar-refractivity contribution is 5.74. The van der Waals surface area contributed by atoms with Crippen molar-refractivity contribution >= 4 is 11.0 Å². The maximum atomic E-state index is 12.5. The molecule has 0 saturated carbocycles. The van der Waals surface area contributed by atoms with Crippen molar-refractivity contribution in [3.05, 3.63) is 56.6 Å². The second kappa shape index (κ2) is 5.15. The van der Waals surface area contributed by atoms with Crippen molar-refractivity contribution < 1.29 is 4.74 Å². The lowest BCUT2D eigenvalue weighted by Crippen LogP contribution is -2.21. The van der Waals surface area contributed by atoms with Gasteiger partial charge in [-0.05, 0) is 24.3 Å². The molecule has 2 aromatic heterocycles. The summed E-state index contributed by atoms with van der Waals surface area (Å²) in [5, 5.41) is 3.11. The predicted octanol–water partition coefficient (Wildman–Crippen LogP) is 2.31. The number of pyridine rings is 1. The van der Waals surface area contributed by atoms with Crippen LogP contribution in [0.25, 0.3) is 16.7 Å². The van der Waals surface area contributed by atoms with Gasteiger partial charge in [0.1, 0.15) is 16.8 Å². The summed E-state index contributed by atoms with van der Waals surface area (Å²) in [5.74, 6) is 0.698. The van der Waals surface area contributed by atoms with E-state index >= 15 is 0 Å². The molecule has 0 unspecified atom stereocenters. The molecule has 120 valence electrons. The van der Waals surface area contributed by atoms with E-state index in [9.17, 15) is 9.59 Å². The van der Waals surface area contributed by atoms with Crippen molar-refractivity contribution in [2.45, 2.75) is 26.2 Å². The van der Waals surface area contributed by atoms with Crippen molar-refractivity contribution in [1.82, 2.24) is 14.8 Å². The van der Waals surface area contributed by atoms with E-state index in [1.165, 1.54) is 10.7 Å². The molecule has 0 aliphatic carbocycles. The third kappa shape index (κ3) is 2.56. The summed E-state index contributed by atoms with van der Waals surface area (Å²) in [6.07, 6.45) is 0. The molecular weight excluding hydrogens is 294 g/mol. The van der Waals surface area contributed by atoms with Gasteiger partial charge < -0.3 is 9.72 Å². The quantitative estimate of drug-likeness (QED) is 0.762. The summed E-state index contributed by atoms with van der Waals surface area (Å²) >= 11 is 0. The van der Waals surface area contributed by atoms with Gasteiger partial charge in [-0.25, -0.2) is 4.68 Å². The Morgan fingerprint density at radius 3 is 2.30 bits per heavy atom. The SMILES string of the molecule is COc1ccc(-n2[nH]c3[nH]c(C(C)(C)C)cc(=O)c3c2=O)cc1. The van der Waals surface area contributed by atoms with Gasteiger partial charge >= 0.3 is 0 Å². The van der Waals surface area contributed by atoms with E-state index in [-0.39, 0.29) is 21.8 Å². The molecule has 0 atom stereocenters. The standard InChI is InChI=1S/C17H19N3O3/c1-17(2,3)13-9-12(21)14-15(18-13)19-20(16(14)22)10-5-7-11(23-4)8-6-10/h5-9H,1-4H3,(H2,18,19,21). The van der Waals surface area contributed by atoms with E-state index in [0.717, 1.165) is 5.69 Å². The molecule has 2 heterocycles. The Morgan fingerprint density at radius 2 is 1.74 bits per heavy atom. The number of nitrogens with one attached hydrogen (secondary N) is 2. The number of aromatic nitrogens is 3. The van der Waals surface area contributed by atoms with Gasteiger partial charge in [-0.2, -0.15) is 0 Å². The molecule has 0 amide bonds. The first-order chi connectivity index (χ1) is 10.8. The van der Waals surface area contributed by atoms with Gasteiger partial charge in [0.2, 0.25) is 0 Å². The lowest BCUT2D eigenvalue weighted by Gasteiger charge is -2.17. The van der Waals surface area contributed by atoms with Gasteiger partial charge in [0.15, 0.2) is 5.43 Å². The van der Waals surface area contributed by atoms with Crippen molar-refractivity contribution in [3.63, 3.8) is 0 Å². The topological polar surface area (TPSA) is 79.9 Å². The number of hydrogen-bond acceptors (Lipinski definition) is 3. The number of rotatable bonds is 2. The third-order valence-electron chi connectivity index (χ3n) is 3.81. The van der Waals surface area contributed by atoms with Gasteiger partial charge in [0, 0.05) is 17.2 Å². The lowest BCUT2D eigenvalue weighted by molar-refractivity contribution is 0.414. The molecule has 0 bridgehead atoms. The normalized spacial score (nSPS) is 11.8. The first-order valence-corrected chi connectivity index (χ1v) is 7.34. The number of benzene rings is 1. The Morgan fingerprint density at radius 1 is 1.09 bits per heavy atom. The summed E-state index contributed by atoms with van der Waals surface area (Å²) in [5.41, 5.74) is 0.981. The van der Waals surface area contributed by atoms with Crippen molar-refractivity contribution in [2.24, 2.45) is 0 Å². The van der Waals surface area contributed by atoms with Crippen LogP contribution >= 0.6 is 0 Å². The van der Waals surface area contributed by atoms with Crippen LogP contribution in [0.3, 0.4) is 0 Å². The Balaban J connectivity index is 2.23. The van der Waals surface area contributed by atoms with Crippen LogP contribution in [0.15, 0.2) is 39.9 Å². The third-order valence-corrected chi connectivity index (χ3v) is 3.81. The number of ether oxygens (including phenoxy) is 1. The Kier molecular flexibility index (Phi) is 3.39. The fourth-order valence-corrected chi connectivity index (χ4v) is 2.45. The highest BCUT2D eigenvalue weighted by Crippen LogP contribution is 2.20. The maximum Gasteiger partial charge on any atom is 0.284 e. The van der Waals surface area contributed by atoms with Crippen LogP contribution in [0.4, 0.5) is 0 Å². The van der Waals surface area contributed by atoms with Gasteiger partial charge in [-0.15, -0.1) is 0 Å². The number of fused-ring (bicyclic) bond motifs is 1. The molecule has 0 aliphatic heterocycles.